The third-order valence-electron chi connectivity index (χ3n) is 4.05. The highest BCUT2D eigenvalue weighted by molar-refractivity contribution is 5.94. The number of urea groups is 1. The maximum atomic E-state index is 12.4. The van der Waals surface area contributed by atoms with E-state index >= 15 is 0 Å². The van der Waals surface area contributed by atoms with Crippen LogP contribution >= 0.6 is 0 Å². The number of rotatable bonds is 4. The maximum Gasteiger partial charge on any atom is 0.321 e. The molecule has 3 amide bonds. The van der Waals surface area contributed by atoms with Crippen molar-refractivity contribution in [1.29, 1.82) is 0 Å². The van der Waals surface area contributed by atoms with Crippen LogP contribution in [0.2, 0.25) is 0 Å². The van der Waals surface area contributed by atoms with E-state index in [1.807, 2.05) is 0 Å². The van der Waals surface area contributed by atoms with E-state index in [0.29, 0.717) is 29.9 Å². The molecule has 128 valence electrons. The Morgan fingerprint density at radius 3 is 2.71 bits per heavy atom. The van der Waals surface area contributed by atoms with E-state index in [1.54, 1.807) is 23.1 Å². The standard InChI is InChI=1S/C16H21N5O3/c1-2-5-20-6-8-21(9-7-20)16(23)18-11-3-4-13-12(10-11)19-15(24-13)14(17)22/h3-4,10H,2,5-9H2,1H3,(H2,17,22)(H,18,23). The Morgan fingerprint density at radius 1 is 1.29 bits per heavy atom. The van der Waals surface area contributed by atoms with Gasteiger partial charge in [-0.3, -0.25) is 9.69 Å². The maximum absolute atomic E-state index is 12.4. The molecule has 0 saturated carbocycles. The number of nitrogens with two attached hydrogens (primary N) is 1. The molecule has 0 aliphatic carbocycles. The fourth-order valence-corrected chi connectivity index (χ4v) is 2.80. The van der Waals surface area contributed by atoms with Crippen molar-refractivity contribution < 1.29 is 14.0 Å². The number of hydrogen-bond acceptors (Lipinski definition) is 5. The molecule has 8 heteroatoms. The van der Waals surface area contributed by atoms with Crippen molar-refractivity contribution in [1.82, 2.24) is 14.8 Å². The van der Waals surface area contributed by atoms with Crippen LogP contribution in [0.25, 0.3) is 11.1 Å². The summed E-state index contributed by atoms with van der Waals surface area (Å²) in [4.78, 5) is 31.6. The Hall–Kier alpha value is -2.61. The lowest BCUT2D eigenvalue weighted by Gasteiger charge is -2.34. The molecule has 1 aliphatic rings. The van der Waals surface area contributed by atoms with Crippen LogP contribution < -0.4 is 11.1 Å². The number of anilines is 1. The molecule has 0 bridgehead atoms. The van der Waals surface area contributed by atoms with Crippen molar-refractivity contribution in [2.45, 2.75) is 13.3 Å². The fourth-order valence-electron chi connectivity index (χ4n) is 2.80. The van der Waals surface area contributed by atoms with Crippen molar-refractivity contribution in [3.05, 3.63) is 24.1 Å². The molecule has 2 aromatic rings. The van der Waals surface area contributed by atoms with Gasteiger partial charge in [0.1, 0.15) is 5.52 Å². The summed E-state index contributed by atoms with van der Waals surface area (Å²) in [5.41, 5.74) is 6.69. The molecule has 0 unspecified atom stereocenters. The van der Waals surface area contributed by atoms with Gasteiger partial charge in [0.2, 0.25) is 0 Å². The number of fused-ring (bicyclic) bond motifs is 1. The second kappa shape index (κ2) is 6.88. The molecular weight excluding hydrogens is 310 g/mol. The predicted octanol–water partition coefficient (Wildman–Crippen LogP) is 1.49. The Bertz CT molecular complexity index is 749. The highest BCUT2D eigenvalue weighted by Gasteiger charge is 2.21. The van der Waals surface area contributed by atoms with E-state index in [1.165, 1.54) is 0 Å². The second-order valence-corrected chi connectivity index (χ2v) is 5.82. The predicted molar refractivity (Wildman–Crippen MR) is 89.8 cm³/mol. The largest absolute Gasteiger partial charge is 0.432 e. The summed E-state index contributed by atoms with van der Waals surface area (Å²) in [6, 6.07) is 4.90. The minimum Gasteiger partial charge on any atom is -0.432 e. The van der Waals surface area contributed by atoms with Gasteiger partial charge in [0.05, 0.1) is 0 Å². The van der Waals surface area contributed by atoms with Gasteiger partial charge in [-0.15, -0.1) is 0 Å². The van der Waals surface area contributed by atoms with Gasteiger partial charge in [-0.05, 0) is 31.2 Å². The van der Waals surface area contributed by atoms with E-state index in [-0.39, 0.29) is 11.9 Å². The smallest absolute Gasteiger partial charge is 0.321 e. The number of benzene rings is 1. The molecule has 1 fully saturated rings. The van der Waals surface area contributed by atoms with Gasteiger partial charge in [0.25, 0.3) is 5.89 Å². The first-order chi connectivity index (χ1) is 11.6. The lowest BCUT2D eigenvalue weighted by atomic mass is 10.3. The van der Waals surface area contributed by atoms with Gasteiger partial charge < -0.3 is 20.4 Å². The zero-order valence-corrected chi connectivity index (χ0v) is 13.6. The van der Waals surface area contributed by atoms with Crippen LogP contribution in [0.5, 0.6) is 0 Å². The van der Waals surface area contributed by atoms with E-state index in [0.717, 1.165) is 26.1 Å². The van der Waals surface area contributed by atoms with Crippen molar-refractivity contribution in [2.75, 3.05) is 38.0 Å². The number of carbonyl (C=O) groups is 2. The summed E-state index contributed by atoms with van der Waals surface area (Å²) in [6.07, 6.45) is 1.12. The van der Waals surface area contributed by atoms with Crippen LogP contribution in [0.3, 0.4) is 0 Å². The first-order valence-electron chi connectivity index (χ1n) is 8.05. The minimum absolute atomic E-state index is 0.135. The monoisotopic (exact) mass is 331 g/mol. The number of amides is 3. The van der Waals surface area contributed by atoms with Gasteiger partial charge in [0, 0.05) is 31.9 Å². The SMILES string of the molecule is CCCN1CCN(C(=O)Nc2ccc3oc(C(N)=O)nc3c2)CC1. The first-order valence-corrected chi connectivity index (χ1v) is 8.05. The van der Waals surface area contributed by atoms with Crippen molar-refractivity contribution in [2.24, 2.45) is 5.73 Å². The number of hydrogen-bond donors (Lipinski definition) is 2. The normalized spacial score (nSPS) is 15.6. The third kappa shape index (κ3) is 3.48. The summed E-state index contributed by atoms with van der Waals surface area (Å²) in [5.74, 6) is -0.859. The number of piperazine rings is 1. The van der Waals surface area contributed by atoms with Crippen LogP contribution in [0, 0.1) is 0 Å². The zero-order chi connectivity index (χ0) is 17.1. The second-order valence-electron chi connectivity index (χ2n) is 5.82. The van der Waals surface area contributed by atoms with Gasteiger partial charge in [-0.2, -0.15) is 0 Å². The van der Waals surface area contributed by atoms with Crippen LogP contribution in [0.15, 0.2) is 22.6 Å². The van der Waals surface area contributed by atoms with Gasteiger partial charge in [-0.1, -0.05) is 6.92 Å². The molecule has 3 N–H and O–H groups in total. The number of oxazole rings is 1. The average molecular weight is 331 g/mol. The summed E-state index contributed by atoms with van der Waals surface area (Å²) in [5, 5.41) is 2.86. The first kappa shape index (κ1) is 16.3. The summed E-state index contributed by atoms with van der Waals surface area (Å²) >= 11 is 0. The molecule has 1 aliphatic heterocycles. The lowest BCUT2D eigenvalue weighted by molar-refractivity contribution is 0.0969. The number of nitrogens with one attached hydrogen (secondary N) is 1. The Balaban J connectivity index is 1.64. The minimum atomic E-state index is -0.721. The molecule has 0 spiro atoms. The Kier molecular flexibility index (Phi) is 4.66. The average Bonchev–Trinajstić information content (AvgIpc) is 2.99. The summed E-state index contributed by atoms with van der Waals surface area (Å²) in [6.45, 7) is 6.44. The number of aromatic nitrogens is 1. The van der Waals surface area contributed by atoms with Gasteiger partial charge >= 0.3 is 11.9 Å². The molecule has 24 heavy (non-hydrogen) atoms. The molecule has 2 heterocycles. The molecule has 1 saturated heterocycles. The number of nitrogens with zero attached hydrogens (tertiary/aromatic N) is 3. The summed E-state index contributed by atoms with van der Waals surface area (Å²) < 4.78 is 5.23. The summed E-state index contributed by atoms with van der Waals surface area (Å²) in [7, 11) is 0. The Morgan fingerprint density at radius 2 is 2.04 bits per heavy atom. The van der Waals surface area contributed by atoms with Crippen LogP contribution in [0.1, 0.15) is 24.0 Å². The molecule has 0 atom stereocenters. The van der Waals surface area contributed by atoms with Crippen molar-refractivity contribution >= 4 is 28.7 Å². The van der Waals surface area contributed by atoms with E-state index in [9.17, 15) is 9.59 Å². The van der Waals surface area contributed by atoms with E-state index in [4.69, 9.17) is 10.2 Å². The molecule has 1 aromatic heterocycles. The van der Waals surface area contributed by atoms with Crippen LogP contribution in [-0.4, -0.2) is 59.4 Å². The molecular formula is C16H21N5O3. The fraction of sp³-hybridized carbons (Fsp3) is 0.438. The van der Waals surface area contributed by atoms with E-state index < -0.39 is 5.91 Å². The van der Waals surface area contributed by atoms with Crippen LogP contribution in [-0.2, 0) is 0 Å². The zero-order valence-electron chi connectivity index (χ0n) is 13.6. The molecule has 0 radical (unpaired) electrons. The third-order valence-corrected chi connectivity index (χ3v) is 4.05. The molecule has 3 rings (SSSR count). The van der Waals surface area contributed by atoms with Crippen LogP contribution in [0.4, 0.5) is 10.5 Å². The van der Waals surface area contributed by atoms with E-state index in [2.05, 4.69) is 22.1 Å². The molecule has 8 nitrogen and oxygen atoms in total. The highest BCUT2D eigenvalue weighted by atomic mass is 16.4. The molecule has 1 aromatic carbocycles. The highest BCUT2D eigenvalue weighted by Crippen LogP contribution is 2.20. The lowest BCUT2D eigenvalue weighted by Crippen LogP contribution is -2.50. The van der Waals surface area contributed by atoms with Gasteiger partial charge in [0.15, 0.2) is 5.58 Å². The number of carbonyl (C=O) groups excluding carboxylic acids is 2. The van der Waals surface area contributed by atoms with Crippen molar-refractivity contribution in [3.8, 4) is 0 Å². The number of primary amides is 1. The Labute approximate surface area is 139 Å². The topological polar surface area (TPSA) is 105 Å². The van der Waals surface area contributed by atoms with Crippen molar-refractivity contribution in [3.63, 3.8) is 0 Å². The van der Waals surface area contributed by atoms with Gasteiger partial charge in [-0.25, -0.2) is 9.78 Å². The quantitative estimate of drug-likeness (QED) is 0.883.